The van der Waals surface area contributed by atoms with Crippen molar-refractivity contribution in [2.45, 2.75) is 39.5 Å². The minimum absolute atomic E-state index is 0.129. The highest BCUT2D eigenvalue weighted by Gasteiger charge is 2.16. The molecule has 0 radical (unpaired) electrons. The number of carbonyl (C=O) groups excluding carboxylic acids is 1. The number of fused-ring (bicyclic) bond motifs is 1. The van der Waals surface area contributed by atoms with Crippen LogP contribution in [-0.4, -0.2) is 30.7 Å². The number of unbranched alkanes of at least 4 members (excludes halogenated alkanes) is 2. The molecule has 2 aromatic rings. The fraction of sp³-hybridized carbons (Fsp3) is 0.409. The zero-order chi connectivity index (χ0) is 18.4. The van der Waals surface area contributed by atoms with Gasteiger partial charge >= 0.3 is 0 Å². The molecule has 0 aromatic heterocycles. The lowest BCUT2D eigenvalue weighted by molar-refractivity contribution is 0.0751. The number of carbonyl (C=O) groups is 1. The highest BCUT2D eigenvalue weighted by molar-refractivity contribution is 5.94. The van der Waals surface area contributed by atoms with Gasteiger partial charge in [-0.05, 0) is 48.2 Å². The van der Waals surface area contributed by atoms with E-state index in [0.29, 0.717) is 0 Å². The second-order valence-electron chi connectivity index (χ2n) is 6.64. The van der Waals surface area contributed by atoms with Gasteiger partial charge in [0.2, 0.25) is 6.79 Å². The Hall–Kier alpha value is -2.49. The van der Waals surface area contributed by atoms with Crippen LogP contribution in [0, 0.1) is 0 Å². The maximum Gasteiger partial charge on any atom is 0.253 e. The molecular formula is C22H27NO3. The lowest BCUT2D eigenvalue weighted by Gasteiger charge is -2.22. The van der Waals surface area contributed by atoms with Crippen molar-refractivity contribution in [1.82, 2.24) is 4.90 Å². The molecule has 2 aromatic carbocycles. The smallest absolute Gasteiger partial charge is 0.253 e. The fourth-order valence-electron chi connectivity index (χ4n) is 3.08. The van der Waals surface area contributed by atoms with E-state index in [0.717, 1.165) is 67.0 Å². The van der Waals surface area contributed by atoms with Crippen molar-refractivity contribution < 1.29 is 14.3 Å². The third-order valence-corrected chi connectivity index (χ3v) is 4.69. The average Bonchev–Trinajstić information content (AvgIpc) is 3.15. The van der Waals surface area contributed by atoms with Crippen molar-refractivity contribution >= 4 is 5.91 Å². The normalized spacial score (nSPS) is 12.2. The fourth-order valence-corrected chi connectivity index (χ4v) is 3.08. The van der Waals surface area contributed by atoms with Gasteiger partial charge in [0.25, 0.3) is 5.91 Å². The summed E-state index contributed by atoms with van der Waals surface area (Å²) in [6.07, 6.45) is 4.29. The van der Waals surface area contributed by atoms with Crippen molar-refractivity contribution in [1.29, 1.82) is 0 Å². The van der Waals surface area contributed by atoms with Crippen molar-refractivity contribution in [3.8, 4) is 22.6 Å². The van der Waals surface area contributed by atoms with Gasteiger partial charge in [0, 0.05) is 18.7 Å². The van der Waals surface area contributed by atoms with E-state index in [-0.39, 0.29) is 12.7 Å². The second-order valence-corrected chi connectivity index (χ2v) is 6.64. The lowest BCUT2D eigenvalue weighted by atomic mass is 10.0. The molecule has 0 spiro atoms. The maximum absolute atomic E-state index is 12.8. The first kappa shape index (κ1) is 18.3. The molecule has 3 rings (SSSR count). The first-order chi connectivity index (χ1) is 12.7. The van der Waals surface area contributed by atoms with Gasteiger partial charge < -0.3 is 14.4 Å². The topological polar surface area (TPSA) is 38.8 Å². The van der Waals surface area contributed by atoms with Crippen LogP contribution in [0.3, 0.4) is 0 Å². The summed E-state index contributed by atoms with van der Waals surface area (Å²) >= 11 is 0. The summed E-state index contributed by atoms with van der Waals surface area (Å²) in [5.41, 5.74) is 2.87. The number of ether oxygens (including phenoxy) is 2. The highest BCUT2D eigenvalue weighted by atomic mass is 16.7. The molecule has 1 aliphatic heterocycles. The molecule has 0 fully saturated rings. The third kappa shape index (κ3) is 4.18. The number of benzene rings is 2. The van der Waals surface area contributed by atoms with Gasteiger partial charge in [-0.1, -0.05) is 44.9 Å². The van der Waals surface area contributed by atoms with E-state index in [1.807, 2.05) is 47.4 Å². The van der Waals surface area contributed by atoms with Gasteiger partial charge in [-0.3, -0.25) is 4.79 Å². The number of rotatable bonds is 8. The Morgan fingerprint density at radius 1 is 0.885 bits per heavy atom. The highest BCUT2D eigenvalue weighted by Crippen LogP contribution is 2.35. The van der Waals surface area contributed by atoms with Crippen LogP contribution in [0.1, 0.15) is 49.9 Å². The standard InChI is InChI=1S/C22H27NO3/c1-3-5-13-23(14-6-4-2)22(24)18-9-7-17(8-10-18)19-11-12-20-21(15-19)26-16-25-20/h7-12,15H,3-6,13-14,16H2,1-2H3. The summed E-state index contributed by atoms with van der Waals surface area (Å²) in [5, 5.41) is 0. The van der Waals surface area contributed by atoms with Crippen LogP contribution in [0.15, 0.2) is 42.5 Å². The lowest BCUT2D eigenvalue weighted by Crippen LogP contribution is -2.32. The molecule has 1 heterocycles. The first-order valence-electron chi connectivity index (χ1n) is 9.52. The second kappa shape index (κ2) is 8.75. The van der Waals surface area contributed by atoms with Crippen LogP contribution in [-0.2, 0) is 0 Å². The molecule has 0 saturated heterocycles. The summed E-state index contributed by atoms with van der Waals surface area (Å²) in [4.78, 5) is 14.8. The number of hydrogen-bond acceptors (Lipinski definition) is 3. The number of hydrogen-bond donors (Lipinski definition) is 0. The maximum atomic E-state index is 12.8. The molecule has 0 N–H and O–H groups in total. The van der Waals surface area contributed by atoms with E-state index in [9.17, 15) is 4.79 Å². The molecule has 138 valence electrons. The largest absolute Gasteiger partial charge is 0.454 e. The van der Waals surface area contributed by atoms with Crippen molar-refractivity contribution in [2.75, 3.05) is 19.9 Å². The van der Waals surface area contributed by atoms with Gasteiger partial charge in [-0.15, -0.1) is 0 Å². The molecule has 1 aliphatic rings. The summed E-state index contributed by atoms with van der Waals surface area (Å²) < 4.78 is 10.8. The zero-order valence-electron chi connectivity index (χ0n) is 15.7. The SMILES string of the molecule is CCCCN(CCCC)C(=O)c1ccc(-c2ccc3c(c2)OCO3)cc1. The Kier molecular flexibility index (Phi) is 6.16. The zero-order valence-corrected chi connectivity index (χ0v) is 15.7. The minimum atomic E-state index is 0.129. The van der Waals surface area contributed by atoms with Gasteiger partial charge in [-0.2, -0.15) is 0 Å². The monoisotopic (exact) mass is 353 g/mol. The predicted octanol–water partition coefficient (Wildman–Crippen LogP) is 5.12. The molecule has 4 nitrogen and oxygen atoms in total. The van der Waals surface area contributed by atoms with E-state index < -0.39 is 0 Å². The molecule has 0 unspecified atom stereocenters. The Balaban J connectivity index is 1.74. The Morgan fingerprint density at radius 2 is 1.50 bits per heavy atom. The van der Waals surface area contributed by atoms with Crippen molar-refractivity contribution in [2.24, 2.45) is 0 Å². The molecular weight excluding hydrogens is 326 g/mol. The molecule has 1 amide bonds. The molecule has 0 aliphatic carbocycles. The molecule has 0 saturated carbocycles. The average molecular weight is 353 g/mol. The molecule has 26 heavy (non-hydrogen) atoms. The molecule has 0 bridgehead atoms. The summed E-state index contributed by atoms with van der Waals surface area (Å²) in [7, 11) is 0. The Morgan fingerprint density at radius 3 is 2.15 bits per heavy atom. The Labute approximate surface area is 155 Å². The predicted molar refractivity (Wildman–Crippen MR) is 104 cm³/mol. The van der Waals surface area contributed by atoms with Gasteiger partial charge in [0.1, 0.15) is 0 Å². The van der Waals surface area contributed by atoms with E-state index in [1.54, 1.807) is 0 Å². The van der Waals surface area contributed by atoms with Crippen LogP contribution in [0.5, 0.6) is 11.5 Å². The summed E-state index contributed by atoms with van der Waals surface area (Å²) in [5.74, 6) is 1.68. The quantitative estimate of drug-likeness (QED) is 0.661. The van der Waals surface area contributed by atoms with E-state index in [2.05, 4.69) is 13.8 Å². The van der Waals surface area contributed by atoms with Gasteiger partial charge in [0.05, 0.1) is 0 Å². The van der Waals surface area contributed by atoms with E-state index in [4.69, 9.17) is 9.47 Å². The van der Waals surface area contributed by atoms with Crippen LogP contribution in [0.4, 0.5) is 0 Å². The van der Waals surface area contributed by atoms with E-state index in [1.165, 1.54) is 0 Å². The van der Waals surface area contributed by atoms with Crippen LogP contribution in [0.25, 0.3) is 11.1 Å². The third-order valence-electron chi connectivity index (χ3n) is 4.69. The van der Waals surface area contributed by atoms with Crippen molar-refractivity contribution in [3.63, 3.8) is 0 Å². The minimum Gasteiger partial charge on any atom is -0.454 e. The first-order valence-corrected chi connectivity index (χ1v) is 9.52. The summed E-state index contributed by atoms with van der Waals surface area (Å²) in [6.45, 7) is 6.25. The number of nitrogens with zero attached hydrogens (tertiary/aromatic N) is 1. The molecule has 4 heteroatoms. The Bertz CT molecular complexity index is 732. The van der Waals surface area contributed by atoms with E-state index >= 15 is 0 Å². The van der Waals surface area contributed by atoms with Crippen LogP contribution in [0.2, 0.25) is 0 Å². The van der Waals surface area contributed by atoms with Gasteiger partial charge in [0.15, 0.2) is 11.5 Å². The number of amides is 1. The van der Waals surface area contributed by atoms with Gasteiger partial charge in [-0.25, -0.2) is 0 Å². The summed E-state index contributed by atoms with van der Waals surface area (Å²) in [6, 6.07) is 13.8. The van der Waals surface area contributed by atoms with Crippen LogP contribution >= 0.6 is 0 Å². The molecule has 0 atom stereocenters. The van der Waals surface area contributed by atoms with Crippen molar-refractivity contribution in [3.05, 3.63) is 48.0 Å². The van der Waals surface area contributed by atoms with Crippen LogP contribution < -0.4 is 9.47 Å².